The Morgan fingerprint density at radius 3 is 2.83 bits per heavy atom. The summed E-state index contributed by atoms with van der Waals surface area (Å²) in [5.74, 6) is -0.0540. The SMILES string of the molecule is Cc1c(C(=O)NCc2cccc(C#N)c2)oc2c(Cl)cccc12. The van der Waals surface area contributed by atoms with Gasteiger partial charge in [0.15, 0.2) is 11.3 Å². The van der Waals surface area contributed by atoms with E-state index in [0.717, 1.165) is 16.5 Å². The summed E-state index contributed by atoms with van der Waals surface area (Å²) in [5, 5.41) is 13.0. The molecule has 5 heteroatoms. The monoisotopic (exact) mass is 324 g/mol. The van der Waals surface area contributed by atoms with E-state index in [0.29, 0.717) is 22.7 Å². The quantitative estimate of drug-likeness (QED) is 0.785. The molecule has 1 amide bonds. The normalized spacial score (nSPS) is 10.5. The van der Waals surface area contributed by atoms with Crippen LogP contribution in [0.4, 0.5) is 0 Å². The lowest BCUT2D eigenvalue weighted by Crippen LogP contribution is -2.23. The zero-order valence-corrected chi connectivity index (χ0v) is 13.1. The van der Waals surface area contributed by atoms with E-state index in [-0.39, 0.29) is 11.7 Å². The second-order valence-electron chi connectivity index (χ2n) is 5.17. The second kappa shape index (κ2) is 6.15. The highest BCUT2D eigenvalue weighted by atomic mass is 35.5. The molecule has 1 N–H and O–H groups in total. The fourth-order valence-corrected chi connectivity index (χ4v) is 2.65. The van der Waals surface area contributed by atoms with Crippen LogP contribution in [0.25, 0.3) is 11.0 Å². The van der Waals surface area contributed by atoms with E-state index < -0.39 is 0 Å². The summed E-state index contributed by atoms with van der Waals surface area (Å²) in [6.07, 6.45) is 0. The minimum absolute atomic E-state index is 0.254. The van der Waals surface area contributed by atoms with Gasteiger partial charge in [-0.25, -0.2) is 0 Å². The predicted octanol–water partition coefficient (Wildman–Crippen LogP) is 4.20. The first-order chi connectivity index (χ1) is 11.1. The van der Waals surface area contributed by atoms with E-state index in [1.807, 2.05) is 25.1 Å². The maximum absolute atomic E-state index is 12.4. The van der Waals surface area contributed by atoms with Crippen LogP contribution in [-0.2, 0) is 6.54 Å². The minimum atomic E-state index is -0.308. The summed E-state index contributed by atoms with van der Waals surface area (Å²) in [6, 6.07) is 14.6. The summed E-state index contributed by atoms with van der Waals surface area (Å²) in [5.41, 5.74) is 2.68. The van der Waals surface area contributed by atoms with Crippen molar-refractivity contribution in [1.82, 2.24) is 5.32 Å². The van der Waals surface area contributed by atoms with Crippen LogP contribution in [0, 0.1) is 18.3 Å². The first-order valence-electron chi connectivity index (χ1n) is 7.05. The number of aryl methyl sites for hydroxylation is 1. The number of para-hydroxylation sites is 1. The van der Waals surface area contributed by atoms with E-state index in [2.05, 4.69) is 11.4 Å². The van der Waals surface area contributed by atoms with Crippen molar-refractivity contribution >= 4 is 28.5 Å². The molecule has 1 heterocycles. The molecular weight excluding hydrogens is 312 g/mol. The third kappa shape index (κ3) is 2.92. The first-order valence-corrected chi connectivity index (χ1v) is 7.43. The molecule has 3 rings (SSSR count). The highest BCUT2D eigenvalue weighted by molar-refractivity contribution is 6.35. The summed E-state index contributed by atoms with van der Waals surface area (Å²) >= 11 is 6.10. The average Bonchev–Trinajstić information content (AvgIpc) is 2.91. The van der Waals surface area contributed by atoms with Crippen molar-refractivity contribution in [2.24, 2.45) is 0 Å². The summed E-state index contributed by atoms with van der Waals surface area (Å²) < 4.78 is 5.63. The molecule has 3 aromatic rings. The Morgan fingerprint density at radius 2 is 2.09 bits per heavy atom. The van der Waals surface area contributed by atoms with Crippen LogP contribution in [0.3, 0.4) is 0 Å². The van der Waals surface area contributed by atoms with Crippen LogP contribution in [0.1, 0.15) is 27.2 Å². The number of hydrogen-bond acceptors (Lipinski definition) is 3. The fraction of sp³-hybridized carbons (Fsp3) is 0.111. The van der Waals surface area contributed by atoms with Crippen LogP contribution in [0.2, 0.25) is 5.02 Å². The number of nitriles is 1. The number of nitrogens with zero attached hydrogens (tertiary/aromatic N) is 1. The summed E-state index contributed by atoms with van der Waals surface area (Å²) in [4.78, 5) is 12.4. The molecule has 2 aromatic carbocycles. The van der Waals surface area contributed by atoms with E-state index in [1.54, 1.807) is 24.3 Å². The van der Waals surface area contributed by atoms with Gasteiger partial charge >= 0.3 is 0 Å². The molecule has 0 saturated heterocycles. The van der Waals surface area contributed by atoms with E-state index >= 15 is 0 Å². The molecule has 0 aliphatic carbocycles. The topological polar surface area (TPSA) is 66.0 Å². The molecular formula is C18H13ClN2O2. The molecule has 1 aromatic heterocycles. The van der Waals surface area contributed by atoms with Gasteiger partial charge in [-0.1, -0.05) is 35.9 Å². The minimum Gasteiger partial charge on any atom is -0.449 e. The van der Waals surface area contributed by atoms with Crippen LogP contribution in [0.15, 0.2) is 46.9 Å². The van der Waals surface area contributed by atoms with Crippen LogP contribution in [0.5, 0.6) is 0 Å². The van der Waals surface area contributed by atoms with E-state index in [4.69, 9.17) is 21.3 Å². The van der Waals surface area contributed by atoms with Crippen LogP contribution in [-0.4, -0.2) is 5.91 Å². The third-order valence-electron chi connectivity index (χ3n) is 3.63. The number of carbonyl (C=O) groups is 1. The fourth-order valence-electron chi connectivity index (χ4n) is 2.44. The molecule has 0 radical (unpaired) electrons. The zero-order valence-electron chi connectivity index (χ0n) is 12.4. The lowest BCUT2D eigenvalue weighted by Gasteiger charge is -2.04. The van der Waals surface area contributed by atoms with Crippen LogP contribution >= 0.6 is 11.6 Å². The number of furan rings is 1. The summed E-state index contributed by atoms with van der Waals surface area (Å²) in [6.45, 7) is 2.14. The Morgan fingerprint density at radius 1 is 1.30 bits per heavy atom. The maximum atomic E-state index is 12.4. The molecule has 0 aliphatic heterocycles. The van der Waals surface area contributed by atoms with Gasteiger partial charge < -0.3 is 9.73 Å². The Bertz CT molecular complexity index is 938. The van der Waals surface area contributed by atoms with Crippen molar-refractivity contribution in [1.29, 1.82) is 5.26 Å². The third-order valence-corrected chi connectivity index (χ3v) is 3.93. The van der Waals surface area contributed by atoms with Crippen molar-refractivity contribution in [3.8, 4) is 6.07 Å². The van der Waals surface area contributed by atoms with Crippen LogP contribution < -0.4 is 5.32 Å². The molecule has 114 valence electrons. The second-order valence-corrected chi connectivity index (χ2v) is 5.57. The Balaban J connectivity index is 1.82. The number of fused-ring (bicyclic) bond motifs is 1. The van der Waals surface area contributed by atoms with Gasteiger partial charge in [0.1, 0.15) is 0 Å². The molecule has 0 bridgehead atoms. The highest BCUT2D eigenvalue weighted by Gasteiger charge is 2.18. The Hall–Kier alpha value is -2.77. The number of rotatable bonds is 3. The van der Waals surface area contributed by atoms with Gasteiger partial charge in [0.05, 0.1) is 16.7 Å². The van der Waals surface area contributed by atoms with Gasteiger partial charge in [-0.15, -0.1) is 0 Å². The zero-order chi connectivity index (χ0) is 16.4. The predicted molar refractivity (Wildman–Crippen MR) is 88.3 cm³/mol. The lowest BCUT2D eigenvalue weighted by molar-refractivity contribution is 0.0924. The molecule has 0 fully saturated rings. The molecule has 23 heavy (non-hydrogen) atoms. The molecule has 0 unspecified atom stereocenters. The van der Waals surface area contributed by atoms with Gasteiger partial charge in [0.25, 0.3) is 5.91 Å². The lowest BCUT2D eigenvalue weighted by atomic mass is 10.1. The molecule has 0 spiro atoms. The number of carbonyl (C=O) groups excluding carboxylic acids is 1. The Labute approximate surface area is 138 Å². The smallest absolute Gasteiger partial charge is 0.287 e. The standard InChI is InChI=1S/C18H13ClN2O2/c1-11-14-6-3-7-15(19)17(14)23-16(11)18(22)21-10-13-5-2-4-12(8-13)9-20/h2-8H,10H2,1H3,(H,21,22). The number of halogens is 1. The van der Waals surface area contributed by atoms with E-state index in [1.165, 1.54) is 0 Å². The van der Waals surface area contributed by atoms with Gasteiger partial charge in [-0.05, 0) is 30.7 Å². The van der Waals surface area contributed by atoms with Crippen molar-refractivity contribution in [2.45, 2.75) is 13.5 Å². The van der Waals surface area contributed by atoms with Gasteiger partial charge in [0, 0.05) is 17.5 Å². The van der Waals surface area contributed by atoms with E-state index in [9.17, 15) is 4.79 Å². The molecule has 0 aliphatic rings. The average molecular weight is 325 g/mol. The molecule has 4 nitrogen and oxygen atoms in total. The van der Waals surface area contributed by atoms with Crippen molar-refractivity contribution in [3.05, 3.63) is 69.9 Å². The van der Waals surface area contributed by atoms with Gasteiger partial charge in [-0.3, -0.25) is 4.79 Å². The summed E-state index contributed by atoms with van der Waals surface area (Å²) in [7, 11) is 0. The highest BCUT2D eigenvalue weighted by Crippen LogP contribution is 2.30. The van der Waals surface area contributed by atoms with Crippen molar-refractivity contribution in [3.63, 3.8) is 0 Å². The van der Waals surface area contributed by atoms with Gasteiger partial charge in [-0.2, -0.15) is 5.26 Å². The molecule has 0 atom stereocenters. The first kappa shape index (κ1) is 15.1. The Kier molecular flexibility index (Phi) is 4.05. The molecule has 0 saturated carbocycles. The number of amides is 1. The number of nitrogens with one attached hydrogen (secondary N) is 1. The largest absolute Gasteiger partial charge is 0.449 e. The number of benzene rings is 2. The van der Waals surface area contributed by atoms with Crippen molar-refractivity contribution in [2.75, 3.05) is 0 Å². The maximum Gasteiger partial charge on any atom is 0.287 e. The van der Waals surface area contributed by atoms with Crippen molar-refractivity contribution < 1.29 is 9.21 Å². The van der Waals surface area contributed by atoms with Gasteiger partial charge in [0.2, 0.25) is 0 Å². The number of hydrogen-bond donors (Lipinski definition) is 1.